The normalized spacial score (nSPS) is 13.0. The topological polar surface area (TPSA) is 69.0 Å². The third-order valence-corrected chi connectivity index (χ3v) is 6.48. The van der Waals surface area contributed by atoms with E-state index >= 15 is 0 Å². The second-order valence-corrected chi connectivity index (χ2v) is 8.79. The third kappa shape index (κ3) is 5.60. The number of hydrogen-bond donors (Lipinski definition) is 1. The van der Waals surface area contributed by atoms with E-state index < -0.39 is 0 Å². The molecule has 6 nitrogen and oxygen atoms in total. The number of amides is 1. The number of fused-ring (bicyclic) bond motifs is 1. The van der Waals surface area contributed by atoms with Crippen molar-refractivity contribution in [3.05, 3.63) is 64.4 Å². The molecular weight excluding hydrogens is 432 g/mol. The second-order valence-electron chi connectivity index (χ2n) is 7.41. The number of hydrogen-bond acceptors (Lipinski definition) is 5. The van der Waals surface area contributed by atoms with Crippen molar-refractivity contribution in [2.24, 2.45) is 0 Å². The molecule has 0 radical (unpaired) electrons. The van der Waals surface area contributed by atoms with E-state index in [2.05, 4.69) is 27.6 Å². The molecule has 0 spiro atoms. The molecule has 1 heterocycles. The highest BCUT2D eigenvalue weighted by Gasteiger charge is 2.15. The lowest BCUT2D eigenvalue weighted by atomic mass is 9.92. The van der Waals surface area contributed by atoms with Crippen LogP contribution >= 0.6 is 23.4 Å². The fourth-order valence-electron chi connectivity index (χ4n) is 3.66. The zero-order valence-corrected chi connectivity index (χ0v) is 19.0. The minimum Gasteiger partial charge on any atom is -0.486 e. The van der Waals surface area contributed by atoms with Crippen LogP contribution in [0.5, 0.6) is 5.75 Å². The van der Waals surface area contributed by atoms with Gasteiger partial charge in [0.05, 0.1) is 5.75 Å². The third-order valence-electron chi connectivity index (χ3n) is 5.26. The second kappa shape index (κ2) is 10.2. The van der Waals surface area contributed by atoms with Crippen molar-refractivity contribution in [3.8, 4) is 5.75 Å². The Morgan fingerprint density at radius 3 is 2.68 bits per heavy atom. The van der Waals surface area contributed by atoms with E-state index in [1.165, 1.54) is 35.7 Å². The van der Waals surface area contributed by atoms with Crippen LogP contribution in [0.2, 0.25) is 5.02 Å². The van der Waals surface area contributed by atoms with E-state index in [1.807, 2.05) is 17.6 Å². The first kappa shape index (κ1) is 21.7. The van der Waals surface area contributed by atoms with Gasteiger partial charge in [-0.05, 0) is 80.1 Å². The monoisotopic (exact) mass is 456 g/mol. The predicted molar refractivity (Wildman–Crippen MR) is 124 cm³/mol. The van der Waals surface area contributed by atoms with Gasteiger partial charge in [0.25, 0.3) is 0 Å². The van der Waals surface area contributed by atoms with Crippen LogP contribution in [-0.4, -0.2) is 26.4 Å². The Bertz CT molecular complexity index is 1050. The number of nitrogens with one attached hydrogen (secondary N) is 1. The lowest BCUT2D eigenvalue weighted by Gasteiger charge is -2.16. The number of rotatable bonds is 8. The lowest BCUT2D eigenvalue weighted by Crippen LogP contribution is -2.14. The van der Waals surface area contributed by atoms with E-state index in [9.17, 15) is 4.79 Å². The largest absolute Gasteiger partial charge is 0.486 e. The van der Waals surface area contributed by atoms with Crippen LogP contribution in [0.15, 0.2) is 47.6 Å². The number of aromatic nitrogens is 3. The SMILES string of the molecule is CCn1c(COc2ccc3c(c2)CCCC3)nnc1SCC(=O)Nc1ccc(Cl)cc1. The highest BCUT2D eigenvalue weighted by Crippen LogP contribution is 2.26. The van der Waals surface area contributed by atoms with E-state index in [0.29, 0.717) is 29.0 Å². The van der Waals surface area contributed by atoms with Crippen LogP contribution in [0.25, 0.3) is 0 Å². The van der Waals surface area contributed by atoms with Gasteiger partial charge in [-0.2, -0.15) is 0 Å². The van der Waals surface area contributed by atoms with Gasteiger partial charge in [0.2, 0.25) is 5.91 Å². The van der Waals surface area contributed by atoms with Crippen LogP contribution in [0, 0.1) is 0 Å². The van der Waals surface area contributed by atoms with E-state index in [4.69, 9.17) is 16.3 Å². The van der Waals surface area contributed by atoms with Crippen molar-refractivity contribution >= 4 is 35.0 Å². The molecule has 0 fully saturated rings. The number of anilines is 1. The number of carbonyl (C=O) groups excluding carboxylic acids is 1. The molecule has 0 unspecified atom stereocenters. The maximum absolute atomic E-state index is 12.3. The Labute approximate surface area is 191 Å². The van der Waals surface area contributed by atoms with E-state index in [-0.39, 0.29) is 11.7 Å². The van der Waals surface area contributed by atoms with Gasteiger partial charge in [-0.3, -0.25) is 4.79 Å². The molecule has 0 atom stereocenters. The molecule has 3 aromatic rings. The molecule has 1 amide bonds. The first-order valence-electron chi connectivity index (χ1n) is 10.5. The molecule has 0 bridgehead atoms. The number of nitrogens with zero attached hydrogens (tertiary/aromatic N) is 3. The number of benzene rings is 2. The number of ether oxygens (including phenoxy) is 1. The van der Waals surface area contributed by atoms with Crippen LogP contribution in [0.4, 0.5) is 5.69 Å². The molecule has 2 aromatic carbocycles. The molecular formula is C23H25ClN4O2S. The predicted octanol–water partition coefficient (Wildman–Crippen LogP) is 5.14. The summed E-state index contributed by atoms with van der Waals surface area (Å²) in [5.41, 5.74) is 3.54. The summed E-state index contributed by atoms with van der Waals surface area (Å²) in [5.74, 6) is 1.75. The Morgan fingerprint density at radius 2 is 1.90 bits per heavy atom. The van der Waals surface area contributed by atoms with Crippen molar-refractivity contribution in [1.82, 2.24) is 14.8 Å². The van der Waals surface area contributed by atoms with Gasteiger partial charge in [0, 0.05) is 17.3 Å². The van der Waals surface area contributed by atoms with Gasteiger partial charge in [-0.1, -0.05) is 29.4 Å². The average molecular weight is 457 g/mol. The van der Waals surface area contributed by atoms with Crippen LogP contribution in [-0.2, 0) is 30.8 Å². The van der Waals surface area contributed by atoms with Crippen molar-refractivity contribution in [2.75, 3.05) is 11.1 Å². The highest BCUT2D eigenvalue weighted by atomic mass is 35.5. The van der Waals surface area contributed by atoms with Crippen LogP contribution < -0.4 is 10.1 Å². The Hall–Kier alpha value is -2.51. The van der Waals surface area contributed by atoms with Gasteiger partial charge in [-0.25, -0.2) is 0 Å². The van der Waals surface area contributed by atoms with Crippen molar-refractivity contribution in [2.45, 2.75) is 50.9 Å². The molecule has 31 heavy (non-hydrogen) atoms. The quantitative estimate of drug-likeness (QED) is 0.475. The number of thioether (sulfide) groups is 1. The zero-order chi connectivity index (χ0) is 21.6. The highest BCUT2D eigenvalue weighted by molar-refractivity contribution is 7.99. The molecule has 0 aliphatic heterocycles. The number of aryl methyl sites for hydroxylation is 2. The standard InChI is InChI=1S/C23H25ClN4O2S/c1-2-28-21(14-30-20-12-7-16-5-3-4-6-17(16)13-20)26-27-23(28)31-15-22(29)25-19-10-8-18(24)9-11-19/h7-13H,2-6,14-15H2,1H3,(H,25,29). The maximum Gasteiger partial charge on any atom is 0.234 e. The van der Waals surface area contributed by atoms with Gasteiger partial charge in [0.15, 0.2) is 11.0 Å². The summed E-state index contributed by atoms with van der Waals surface area (Å²) in [6.45, 7) is 3.08. The fourth-order valence-corrected chi connectivity index (χ4v) is 4.61. The van der Waals surface area contributed by atoms with Gasteiger partial charge < -0.3 is 14.6 Å². The average Bonchev–Trinajstić information content (AvgIpc) is 3.19. The summed E-state index contributed by atoms with van der Waals surface area (Å²) in [4.78, 5) is 12.3. The number of halogens is 1. The molecule has 8 heteroatoms. The summed E-state index contributed by atoms with van der Waals surface area (Å²) in [6, 6.07) is 13.4. The van der Waals surface area contributed by atoms with Gasteiger partial charge >= 0.3 is 0 Å². The summed E-state index contributed by atoms with van der Waals surface area (Å²) in [6.07, 6.45) is 4.79. The van der Waals surface area contributed by atoms with Gasteiger partial charge in [-0.15, -0.1) is 10.2 Å². The summed E-state index contributed by atoms with van der Waals surface area (Å²) >= 11 is 7.24. The van der Waals surface area contributed by atoms with Crippen molar-refractivity contribution < 1.29 is 9.53 Å². The summed E-state index contributed by atoms with van der Waals surface area (Å²) < 4.78 is 7.99. The molecule has 4 rings (SSSR count). The number of carbonyl (C=O) groups is 1. The smallest absolute Gasteiger partial charge is 0.234 e. The Morgan fingerprint density at radius 1 is 1.13 bits per heavy atom. The zero-order valence-electron chi connectivity index (χ0n) is 17.4. The first-order chi connectivity index (χ1) is 15.1. The van der Waals surface area contributed by atoms with E-state index in [1.54, 1.807) is 24.3 Å². The van der Waals surface area contributed by atoms with Crippen molar-refractivity contribution in [3.63, 3.8) is 0 Å². The van der Waals surface area contributed by atoms with Gasteiger partial charge in [0.1, 0.15) is 12.4 Å². The Balaban J connectivity index is 1.33. The lowest BCUT2D eigenvalue weighted by molar-refractivity contribution is -0.113. The minimum absolute atomic E-state index is 0.107. The van der Waals surface area contributed by atoms with Crippen LogP contribution in [0.1, 0.15) is 36.7 Å². The summed E-state index contributed by atoms with van der Waals surface area (Å²) in [5, 5.41) is 12.7. The Kier molecular flexibility index (Phi) is 7.14. The van der Waals surface area contributed by atoms with Crippen molar-refractivity contribution in [1.29, 1.82) is 0 Å². The molecule has 1 aromatic heterocycles. The summed E-state index contributed by atoms with van der Waals surface area (Å²) in [7, 11) is 0. The fraction of sp³-hybridized carbons (Fsp3) is 0.348. The molecule has 0 saturated carbocycles. The molecule has 162 valence electrons. The molecule has 1 aliphatic carbocycles. The maximum atomic E-state index is 12.3. The first-order valence-corrected chi connectivity index (χ1v) is 11.8. The molecule has 1 N–H and O–H groups in total. The van der Waals surface area contributed by atoms with E-state index in [0.717, 1.165) is 24.4 Å². The molecule has 1 aliphatic rings. The minimum atomic E-state index is -0.107. The molecule has 0 saturated heterocycles. The van der Waals surface area contributed by atoms with Crippen LogP contribution in [0.3, 0.4) is 0 Å².